The molecule has 224 valence electrons. The summed E-state index contributed by atoms with van der Waals surface area (Å²) in [6.45, 7) is 0. The summed E-state index contributed by atoms with van der Waals surface area (Å²) < 4.78 is 53.9. The molecule has 0 fully saturated rings. The zero-order valence-corrected chi connectivity index (χ0v) is 22.5. The van der Waals surface area contributed by atoms with E-state index >= 15 is 0 Å². The number of primary amides is 1. The van der Waals surface area contributed by atoms with E-state index in [9.17, 15) is 37.1 Å². The first-order chi connectivity index (χ1) is 18.8. The van der Waals surface area contributed by atoms with Crippen LogP contribution < -0.4 is 20.9 Å². The molecule has 2 aromatic carbocycles. The van der Waals surface area contributed by atoms with Gasteiger partial charge < -0.3 is 35.8 Å². The van der Waals surface area contributed by atoms with Crippen LogP contribution in [0.5, 0.6) is 5.75 Å². The molecule has 41 heavy (non-hydrogen) atoms. The largest absolute Gasteiger partial charge is 0.524 e. The summed E-state index contributed by atoms with van der Waals surface area (Å²) in [4.78, 5) is 83.8. The number of carboxylic acids is 1. The summed E-state index contributed by atoms with van der Waals surface area (Å²) in [6.07, 6.45) is -1.67. The second kappa shape index (κ2) is 13.3. The van der Waals surface area contributed by atoms with Gasteiger partial charge in [-0.2, -0.15) is 8.78 Å². The fourth-order valence-corrected chi connectivity index (χ4v) is 4.24. The van der Waals surface area contributed by atoms with Gasteiger partial charge in [-0.05, 0) is 23.3 Å². The minimum absolute atomic E-state index is 0.0865. The van der Waals surface area contributed by atoms with Crippen molar-refractivity contribution in [3.63, 3.8) is 0 Å². The standard InChI is InChI=1S/C22H25F2N3O12P2/c23-22(24,40(33,34)35)14-5-1-13(2-6-14)10-18(28)26-17(11-19(29)30)21(32)27-16(20(25)31)9-12-3-7-15(8-4-12)39-41(36,37)38/h1-8,16-17H,9-11H2,(H2,25,31)(H,26,28)(H,27,32)(H,29,30)(H2,33,34,35)(H2,36,37,38). The molecule has 0 saturated carbocycles. The summed E-state index contributed by atoms with van der Waals surface area (Å²) in [5, 5.41) is 13.6. The number of hydrogen-bond acceptors (Lipinski definition) is 7. The Balaban J connectivity index is 2.09. The van der Waals surface area contributed by atoms with Crippen LogP contribution in [0.25, 0.3) is 0 Å². The Labute approximate surface area is 230 Å². The van der Waals surface area contributed by atoms with Crippen LogP contribution in [0.4, 0.5) is 8.78 Å². The first kappa shape index (κ1) is 33.5. The lowest BCUT2D eigenvalue weighted by atomic mass is 10.0. The van der Waals surface area contributed by atoms with Gasteiger partial charge in [0.05, 0.1) is 12.8 Å². The van der Waals surface area contributed by atoms with Crippen LogP contribution in [-0.2, 0) is 46.8 Å². The zero-order valence-electron chi connectivity index (χ0n) is 20.7. The first-order valence-corrected chi connectivity index (χ1v) is 14.4. The highest BCUT2D eigenvalue weighted by atomic mass is 31.2. The lowest BCUT2D eigenvalue weighted by Gasteiger charge is -2.21. The fraction of sp³-hybridized carbons (Fsp3) is 0.273. The first-order valence-electron chi connectivity index (χ1n) is 11.3. The van der Waals surface area contributed by atoms with Gasteiger partial charge in [0.15, 0.2) is 0 Å². The molecule has 15 nitrogen and oxygen atoms in total. The Hall–Kier alpha value is -3.72. The molecule has 9 N–H and O–H groups in total. The van der Waals surface area contributed by atoms with Crippen LogP contribution in [0.15, 0.2) is 48.5 Å². The molecule has 3 amide bonds. The number of carbonyl (C=O) groups excluding carboxylic acids is 3. The number of hydrogen-bond donors (Lipinski definition) is 8. The summed E-state index contributed by atoms with van der Waals surface area (Å²) in [5.74, 6) is -4.72. The predicted molar refractivity (Wildman–Crippen MR) is 134 cm³/mol. The van der Waals surface area contributed by atoms with Crippen molar-refractivity contribution in [3.05, 3.63) is 65.2 Å². The van der Waals surface area contributed by atoms with Crippen molar-refractivity contribution in [1.82, 2.24) is 10.6 Å². The molecule has 2 aromatic rings. The third kappa shape index (κ3) is 10.3. The number of phosphoric acid groups is 1. The summed E-state index contributed by atoms with van der Waals surface area (Å²) in [7, 11) is -10.6. The van der Waals surface area contributed by atoms with E-state index in [-0.39, 0.29) is 17.7 Å². The average Bonchev–Trinajstić information content (AvgIpc) is 2.82. The highest BCUT2D eigenvalue weighted by molar-refractivity contribution is 7.52. The molecule has 19 heteroatoms. The van der Waals surface area contributed by atoms with Gasteiger partial charge in [-0.15, -0.1) is 0 Å². The third-order valence-corrected chi connectivity index (χ3v) is 6.75. The normalized spacial score (nSPS) is 13.5. The number of aliphatic carboxylic acids is 1. The monoisotopic (exact) mass is 623 g/mol. The lowest BCUT2D eigenvalue weighted by Crippen LogP contribution is -2.54. The van der Waals surface area contributed by atoms with Crippen LogP contribution in [0.3, 0.4) is 0 Å². The summed E-state index contributed by atoms with van der Waals surface area (Å²) in [6, 6.07) is 5.30. The van der Waals surface area contributed by atoms with Crippen molar-refractivity contribution < 1.29 is 66.3 Å². The fourth-order valence-electron chi connectivity index (χ4n) is 3.36. The van der Waals surface area contributed by atoms with Gasteiger partial charge in [0.1, 0.15) is 17.8 Å². The van der Waals surface area contributed by atoms with Crippen LogP contribution in [0.1, 0.15) is 23.1 Å². The predicted octanol–water partition coefficient (Wildman–Crippen LogP) is 0.0999. The molecular weight excluding hydrogens is 598 g/mol. The van der Waals surface area contributed by atoms with E-state index in [0.29, 0.717) is 17.7 Å². The van der Waals surface area contributed by atoms with Crippen LogP contribution in [0, 0.1) is 0 Å². The summed E-state index contributed by atoms with van der Waals surface area (Å²) >= 11 is 0. The number of amides is 3. The van der Waals surface area contributed by atoms with Gasteiger partial charge in [0.25, 0.3) is 0 Å². The van der Waals surface area contributed by atoms with Gasteiger partial charge in [-0.25, -0.2) is 4.57 Å². The molecule has 0 aliphatic carbocycles. The second-order valence-corrected chi connectivity index (χ2v) is 11.4. The SMILES string of the molecule is NC(=O)C(Cc1ccc(OP(=O)(O)O)cc1)NC(=O)C(CC(=O)O)NC(=O)Cc1ccc(C(F)(F)P(=O)(O)O)cc1. The lowest BCUT2D eigenvalue weighted by molar-refractivity contribution is -0.140. The van der Waals surface area contributed by atoms with E-state index < -0.39 is 75.3 Å². The Morgan fingerprint density at radius 3 is 1.88 bits per heavy atom. The maximum Gasteiger partial charge on any atom is 0.524 e. The van der Waals surface area contributed by atoms with Gasteiger partial charge in [-0.3, -0.25) is 33.5 Å². The number of rotatable bonds is 14. The van der Waals surface area contributed by atoms with E-state index in [0.717, 1.165) is 12.1 Å². The van der Waals surface area contributed by atoms with Crippen LogP contribution in [-0.4, -0.2) is 60.5 Å². The molecule has 2 atom stereocenters. The molecular formula is C22H25F2N3O12P2. The highest BCUT2D eigenvalue weighted by Gasteiger charge is 2.50. The van der Waals surface area contributed by atoms with E-state index in [1.54, 1.807) is 0 Å². The maximum atomic E-state index is 13.8. The molecule has 0 aliphatic rings. The number of halogens is 2. The van der Waals surface area contributed by atoms with Crippen LogP contribution >= 0.6 is 15.4 Å². The number of benzene rings is 2. The van der Waals surface area contributed by atoms with Gasteiger partial charge in [0, 0.05) is 12.0 Å². The Morgan fingerprint density at radius 1 is 0.878 bits per heavy atom. The molecule has 0 bridgehead atoms. The van der Waals surface area contributed by atoms with Gasteiger partial charge in [0.2, 0.25) is 17.7 Å². The van der Waals surface area contributed by atoms with Crippen LogP contribution in [0.2, 0.25) is 0 Å². The van der Waals surface area contributed by atoms with Crippen molar-refractivity contribution in [2.24, 2.45) is 5.73 Å². The number of carbonyl (C=O) groups is 4. The molecule has 2 unspecified atom stereocenters. The maximum absolute atomic E-state index is 13.8. The van der Waals surface area contributed by atoms with Crippen molar-refractivity contribution in [1.29, 1.82) is 0 Å². The molecule has 0 aromatic heterocycles. The molecule has 0 spiro atoms. The number of nitrogens with one attached hydrogen (secondary N) is 2. The minimum atomic E-state index is -5.81. The average molecular weight is 623 g/mol. The number of carboxylic acid groups (broad SMARTS) is 1. The van der Waals surface area contributed by atoms with Gasteiger partial charge in [-0.1, -0.05) is 36.4 Å². The second-order valence-electron chi connectivity index (χ2n) is 8.57. The highest BCUT2D eigenvalue weighted by Crippen LogP contribution is 2.59. The number of phosphoric ester groups is 1. The van der Waals surface area contributed by atoms with Crippen molar-refractivity contribution in [3.8, 4) is 5.75 Å². The Bertz CT molecular complexity index is 1380. The van der Waals surface area contributed by atoms with E-state index in [2.05, 4.69) is 15.2 Å². The summed E-state index contributed by atoms with van der Waals surface area (Å²) in [5.41, 5.74) is 0.315. The Morgan fingerprint density at radius 2 is 1.41 bits per heavy atom. The van der Waals surface area contributed by atoms with E-state index in [1.165, 1.54) is 24.3 Å². The quantitative estimate of drug-likeness (QED) is 0.130. The molecule has 0 aliphatic heterocycles. The number of nitrogens with two attached hydrogens (primary N) is 1. The van der Waals surface area contributed by atoms with Crippen molar-refractivity contribution in [2.45, 2.75) is 37.0 Å². The Kier molecular flexibility index (Phi) is 10.9. The molecule has 0 heterocycles. The minimum Gasteiger partial charge on any atom is -0.481 e. The smallest absolute Gasteiger partial charge is 0.481 e. The molecule has 2 rings (SSSR count). The zero-order chi connectivity index (χ0) is 31.2. The third-order valence-electron chi connectivity index (χ3n) is 5.31. The van der Waals surface area contributed by atoms with Gasteiger partial charge >= 0.3 is 27.1 Å². The molecule has 0 radical (unpaired) electrons. The van der Waals surface area contributed by atoms with Crippen molar-refractivity contribution >= 4 is 39.1 Å². The van der Waals surface area contributed by atoms with E-state index in [4.69, 9.17) is 30.4 Å². The van der Waals surface area contributed by atoms with E-state index in [1.807, 2.05) is 0 Å². The topological polar surface area (TPSA) is 263 Å². The van der Waals surface area contributed by atoms with Crippen molar-refractivity contribution in [2.75, 3.05) is 0 Å². The number of alkyl halides is 2. The molecule has 0 saturated heterocycles.